The number of fused-ring (bicyclic) bond motifs is 2. The highest BCUT2D eigenvalue weighted by Crippen LogP contribution is 2.62. The van der Waals surface area contributed by atoms with E-state index in [0.717, 1.165) is 0 Å². The number of carbonyl (C=O) groups excluding carboxylic acids is 1. The zero-order valence-corrected chi connectivity index (χ0v) is 20.1. The van der Waals surface area contributed by atoms with Crippen LogP contribution >= 0.6 is 0 Å². The summed E-state index contributed by atoms with van der Waals surface area (Å²) in [6.07, 6.45) is -0.398. The Bertz CT molecular complexity index is 1440. The van der Waals surface area contributed by atoms with E-state index >= 15 is 0 Å². The van der Waals surface area contributed by atoms with E-state index in [-0.39, 0.29) is 18.8 Å². The first kappa shape index (κ1) is 24.0. The Hall–Kier alpha value is -4.34. The summed E-state index contributed by atoms with van der Waals surface area (Å²) < 4.78 is 51.9. The smallest absolute Gasteiger partial charge is 0.335 e. The van der Waals surface area contributed by atoms with Gasteiger partial charge in [-0.05, 0) is 47.5 Å². The van der Waals surface area contributed by atoms with Crippen molar-refractivity contribution in [3.05, 3.63) is 82.9 Å². The fourth-order valence-electron chi connectivity index (χ4n) is 5.22. The number of hydrogen-bond donors (Lipinski definition) is 2. The number of alkyl halides is 2. The van der Waals surface area contributed by atoms with Crippen molar-refractivity contribution in [2.45, 2.75) is 30.4 Å². The monoisotopic (exact) mass is 523 g/mol. The average molecular weight is 523 g/mol. The van der Waals surface area contributed by atoms with Crippen molar-refractivity contribution in [2.24, 2.45) is 5.92 Å². The topological polar surface area (TPSA) is 103 Å². The molecule has 2 heterocycles. The zero-order chi connectivity index (χ0) is 26.6. The molecule has 1 fully saturated rings. The molecule has 0 radical (unpaired) electrons. The predicted octanol–water partition coefficient (Wildman–Crippen LogP) is 4.85. The predicted molar refractivity (Wildman–Crippen MR) is 129 cm³/mol. The van der Waals surface area contributed by atoms with Crippen molar-refractivity contribution in [3.63, 3.8) is 0 Å². The Morgan fingerprint density at radius 3 is 2.61 bits per heavy atom. The number of carboxylic acid groups (broad SMARTS) is 1. The van der Waals surface area contributed by atoms with E-state index in [1.807, 2.05) is 0 Å². The van der Waals surface area contributed by atoms with E-state index < -0.39 is 41.8 Å². The summed E-state index contributed by atoms with van der Waals surface area (Å²) in [6.45, 7) is 0.0221. The summed E-state index contributed by atoms with van der Waals surface area (Å²) in [4.78, 5) is 24.7. The number of carboxylic acids is 1. The van der Waals surface area contributed by atoms with Crippen LogP contribution in [0.25, 0.3) is 0 Å². The van der Waals surface area contributed by atoms with Crippen LogP contribution in [0.2, 0.25) is 0 Å². The molecule has 6 rings (SSSR count). The Morgan fingerprint density at radius 2 is 1.82 bits per heavy atom. The number of benzene rings is 3. The second-order valence-corrected chi connectivity index (χ2v) is 9.48. The number of amides is 1. The maximum atomic E-state index is 14.9. The lowest BCUT2D eigenvalue weighted by atomic mass is 9.92. The number of nitrogens with one attached hydrogen (secondary N) is 1. The van der Waals surface area contributed by atoms with Crippen LogP contribution in [0.4, 0.5) is 8.78 Å². The Kier molecular flexibility index (Phi) is 5.62. The van der Waals surface area contributed by atoms with Crippen LogP contribution in [-0.2, 0) is 4.79 Å². The van der Waals surface area contributed by atoms with Crippen LogP contribution in [0.1, 0.15) is 51.5 Å². The van der Waals surface area contributed by atoms with Crippen LogP contribution in [0.15, 0.2) is 60.7 Å². The molecular weight excluding hydrogens is 500 g/mol. The molecule has 10 heteroatoms. The van der Waals surface area contributed by atoms with Crippen LogP contribution < -0.4 is 24.3 Å². The van der Waals surface area contributed by atoms with E-state index in [1.54, 1.807) is 36.4 Å². The second kappa shape index (κ2) is 8.90. The van der Waals surface area contributed by atoms with Gasteiger partial charge in [0.05, 0.1) is 24.6 Å². The second-order valence-electron chi connectivity index (χ2n) is 9.48. The van der Waals surface area contributed by atoms with E-state index in [2.05, 4.69) is 5.32 Å². The molecule has 0 bridgehead atoms. The number of halogens is 2. The van der Waals surface area contributed by atoms with Crippen LogP contribution in [0.5, 0.6) is 23.0 Å². The lowest BCUT2D eigenvalue weighted by Gasteiger charge is -2.33. The zero-order valence-electron chi connectivity index (χ0n) is 20.1. The van der Waals surface area contributed by atoms with Gasteiger partial charge in [-0.15, -0.1) is 0 Å². The highest BCUT2D eigenvalue weighted by molar-refractivity contribution is 5.88. The van der Waals surface area contributed by atoms with Gasteiger partial charge in [0.2, 0.25) is 12.7 Å². The van der Waals surface area contributed by atoms with Gasteiger partial charge in [0.15, 0.2) is 11.5 Å². The first-order valence-electron chi connectivity index (χ1n) is 12.0. The summed E-state index contributed by atoms with van der Waals surface area (Å²) in [5.74, 6) is -6.11. The minimum absolute atomic E-state index is 0.0221. The van der Waals surface area contributed by atoms with E-state index in [0.29, 0.717) is 39.7 Å². The van der Waals surface area contributed by atoms with Gasteiger partial charge in [0, 0.05) is 18.1 Å². The summed E-state index contributed by atoms with van der Waals surface area (Å²) in [6, 6.07) is 15.3. The highest BCUT2D eigenvalue weighted by Gasteiger charge is 2.72. The van der Waals surface area contributed by atoms with Gasteiger partial charge in [-0.3, -0.25) is 4.79 Å². The fourth-order valence-corrected chi connectivity index (χ4v) is 5.22. The molecule has 3 aromatic rings. The first-order valence-corrected chi connectivity index (χ1v) is 12.0. The van der Waals surface area contributed by atoms with E-state index in [9.17, 15) is 23.5 Å². The lowest BCUT2D eigenvalue weighted by molar-refractivity contribution is -0.125. The Balaban J connectivity index is 1.27. The number of carbonyl (C=O) groups is 2. The first-order chi connectivity index (χ1) is 18.3. The van der Waals surface area contributed by atoms with Gasteiger partial charge in [-0.2, -0.15) is 0 Å². The van der Waals surface area contributed by atoms with Gasteiger partial charge >= 0.3 is 5.97 Å². The van der Waals surface area contributed by atoms with Crippen LogP contribution in [0, 0.1) is 5.92 Å². The molecule has 1 saturated carbocycles. The van der Waals surface area contributed by atoms with Crippen LogP contribution in [0.3, 0.4) is 0 Å². The number of ether oxygens (including phenoxy) is 4. The Labute approximate surface area is 216 Å². The number of aromatic carboxylic acids is 1. The molecular formula is C28H23F2NO7. The molecule has 0 spiro atoms. The molecule has 2 N–H and O–H groups in total. The Morgan fingerprint density at radius 1 is 1.00 bits per heavy atom. The average Bonchev–Trinajstić information content (AvgIpc) is 3.23. The van der Waals surface area contributed by atoms with Crippen molar-refractivity contribution in [2.75, 3.05) is 13.9 Å². The largest absolute Gasteiger partial charge is 0.497 e. The van der Waals surface area contributed by atoms with Gasteiger partial charge in [0.25, 0.3) is 5.92 Å². The maximum Gasteiger partial charge on any atom is 0.335 e. The third-order valence-corrected chi connectivity index (χ3v) is 7.23. The molecule has 1 amide bonds. The number of rotatable bonds is 6. The third kappa shape index (κ3) is 4.06. The molecule has 2 aliphatic heterocycles. The molecule has 8 nitrogen and oxygen atoms in total. The molecule has 1 aliphatic carbocycles. The summed E-state index contributed by atoms with van der Waals surface area (Å²) in [5.41, 5.74) is 1.60. The normalized spacial score (nSPS) is 24.1. The molecule has 196 valence electrons. The summed E-state index contributed by atoms with van der Waals surface area (Å²) >= 11 is 0. The van der Waals surface area contributed by atoms with Gasteiger partial charge in [-0.1, -0.05) is 18.2 Å². The van der Waals surface area contributed by atoms with Crippen molar-refractivity contribution in [1.82, 2.24) is 5.32 Å². The van der Waals surface area contributed by atoms with Crippen molar-refractivity contribution < 1.29 is 42.4 Å². The van der Waals surface area contributed by atoms with Gasteiger partial charge in [-0.25, -0.2) is 13.6 Å². The highest BCUT2D eigenvalue weighted by atomic mass is 19.3. The summed E-state index contributed by atoms with van der Waals surface area (Å²) in [7, 11) is 1.50. The lowest BCUT2D eigenvalue weighted by Crippen LogP contribution is -2.35. The van der Waals surface area contributed by atoms with Gasteiger partial charge < -0.3 is 29.4 Å². The molecule has 38 heavy (non-hydrogen) atoms. The van der Waals surface area contributed by atoms with Crippen molar-refractivity contribution in [1.29, 1.82) is 0 Å². The quantitative estimate of drug-likeness (QED) is 0.476. The fraction of sp³-hybridized carbons (Fsp3) is 0.286. The molecule has 3 aromatic carbocycles. The molecule has 2 unspecified atom stereocenters. The minimum Gasteiger partial charge on any atom is -0.497 e. The standard InChI is InChI=1S/C28H23F2NO7/c1-35-17-6-7-18-19(12-21(38-22(18)11-17)14-3-2-4-16(9-14)27(33)34)31-26(32)25-24(28(25,29)30)15-5-8-20-23(10-15)37-13-36-20/h2-11,19,21,24-25H,12-13H2,1H3,(H,31,32)(H,33,34)/t19-,21-,24?,25?/m1/s1. The van der Waals surface area contributed by atoms with Gasteiger partial charge in [0.1, 0.15) is 23.5 Å². The minimum atomic E-state index is -3.22. The van der Waals surface area contributed by atoms with Crippen LogP contribution in [-0.4, -0.2) is 36.8 Å². The molecule has 3 aliphatic rings. The maximum absolute atomic E-state index is 14.9. The number of methoxy groups -OCH3 is 1. The molecule has 0 aromatic heterocycles. The molecule has 4 atom stereocenters. The van der Waals surface area contributed by atoms with Crippen molar-refractivity contribution >= 4 is 11.9 Å². The number of hydrogen-bond acceptors (Lipinski definition) is 6. The summed E-state index contributed by atoms with van der Waals surface area (Å²) in [5, 5.41) is 12.2. The van der Waals surface area contributed by atoms with Crippen molar-refractivity contribution in [3.8, 4) is 23.0 Å². The molecule has 0 saturated heterocycles. The van der Waals surface area contributed by atoms with E-state index in [4.69, 9.17) is 18.9 Å². The van der Waals surface area contributed by atoms with E-state index in [1.165, 1.54) is 31.4 Å². The SMILES string of the molecule is COc1ccc2c(c1)O[C@@H](c1cccc(C(=O)O)c1)C[C@H]2NC(=O)C1C(c2ccc3c(c2)OCO3)C1(F)F. The third-order valence-electron chi connectivity index (χ3n) is 7.23.